The van der Waals surface area contributed by atoms with Crippen molar-refractivity contribution in [3.05, 3.63) is 77.4 Å². The summed E-state index contributed by atoms with van der Waals surface area (Å²) in [6, 6.07) is 22.7. The molecule has 0 spiro atoms. The molecule has 1 nitrogen and oxygen atoms in total. The molecule has 1 heterocycles. The number of hydrogen-bond acceptors (Lipinski definition) is 1. The van der Waals surface area contributed by atoms with E-state index in [1.54, 1.807) is 0 Å². The Morgan fingerprint density at radius 2 is 1.32 bits per heavy atom. The fourth-order valence-corrected chi connectivity index (χ4v) is 2.49. The lowest BCUT2D eigenvalue weighted by atomic mass is 10.0. The molecular formula is C17H12BrN. The molecule has 0 aliphatic rings. The first kappa shape index (κ1) is 12.1. The topological polar surface area (TPSA) is 12.9 Å². The number of halogens is 1. The molecule has 0 N–H and O–H groups in total. The Balaban J connectivity index is 2.12. The molecule has 0 saturated carbocycles. The lowest BCUT2D eigenvalue weighted by Crippen LogP contribution is -1.87. The fourth-order valence-electron chi connectivity index (χ4n) is 2.04. The highest BCUT2D eigenvalue weighted by atomic mass is 79.9. The first-order valence-electron chi connectivity index (χ1n) is 6.11. The summed E-state index contributed by atoms with van der Waals surface area (Å²) in [5, 5.41) is 0. The van der Waals surface area contributed by atoms with Crippen molar-refractivity contribution in [3.63, 3.8) is 0 Å². The Bertz CT molecular complexity index is 678. The van der Waals surface area contributed by atoms with E-state index in [2.05, 4.69) is 51.2 Å². The summed E-state index contributed by atoms with van der Waals surface area (Å²) >= 11 is 3.58. The molecule has 3 aromatic rings. The van der Waals surface area contributed by atoms with E-state index in [1.165, 1.54) is 5.56 Å². The summed E-state index contributed by atoms with van der Waals surface area (Å²) in [7, 11) is 0. The maximum Gasteiger partial charge on any atom is 0.0709 e. The molecular weight excluding hydrogens is 298 g/mol. The Morgan fingerprint density at radius 1 is 0.737 bits per heavy atom. The average molecular weight is 310 g/mol. The zero-order valence-electron chi connectivity index (χ0n) is 10.3. The zero-order valence-corrected chi connectivity index (χ0v) is 11.8. The number of benzene rings is 2. The van der Waals surface area contributed by atoms with Crippen LogP contribution in [0.15, 0.2) is 77.4 Å². The van der Waals surface area contributed by atoms with Crippen molar-refractivity contribution in [2.24, 2.45) is 0 Å². The summed E-state index contributed by atoms with van der Waals surface area (Å²) in [6.45, 7) is 0. The van der Waals surface area contributed by atoms with Gasteiger partial charge in [0.2, 0.25) is 0 Å². The van der Waals surface area contributed by atoms with E-state index in [9.17, 15) is 0 Å². The van der Waals surface area contributed by atoms with Crippen LogP contribution in [0.5, 0.6) is 0 Å². The minimum atomic E-state index is 0.989. The molecule has 92 valence electrons. The van der Waals surface area contributed by atoms with Gasteiger partial charge in [-0.3, -0.25) is 4.98 Å². The molecule has 0 fully saturated rings. The summed E-state index contributed by atoms with van der Waals surface area (Å²) in [6.07, 6.45) is 1.87. The molecule has 0 bridgehead atoms. The highest BCUT2D eigenvalue weighted by Gasteiger charge is 2.06. The summed E-state index contributed by atoms with van der Waals surface area (Å²) in [4.78, 5) is 4.49. The normalized spacial score (nSPS) is 10.4. The third-order valence-corrected chi connectivity index (χ3v) is 3.64. The second-order valence-corrected chi connectivity index (χ2v) is 5.14. The van der Waals surface area contributed by atoms with Gasteiger partial charge in [-0.05, 0) is 33.1 Å². The molecule has 0 unspecified atom stereocenters. The number of nitrogens with zero attached hydrogens (tertiary/aromatic N) is 1. The van der Waals surface area contributed by atoms with E-state index >= 15 is 0 Å². The standard InChI is InChI=1S/C17H12BrN/c18-16-12-19-17(14-9-5-2-6-10-14)11-15(16)13-7-3-1-4-8-13/h1-12H. The maximum absolute atomic E-state index is 4.49. The Labute approximate surface area is 121 Å². The van der Waals surface area contributed by atoms with Crippen molar-refractivity contribution in [1.29, 1.82) is 0 Å². The predicted molar refractivity (Wildman–Crippen MR) is 82.8 cm³/mol. The van der Waals surface area contributed by atoms with E-state index in [0.29, 0.717) is 0 Å². The first-order chi connectivity index (χ1) is 9.34. The Kier molecular flexibility index (Phi) is 3.43. The Morgan fingerprint density at radius 3 is 1.95 bits per heavy atom. The van der Waals surface area contributed by atoms with Crippen molar-refractivity contribution in [2.75, 3.05) is 0 Å². The van der Waals surface area contributed by atoms with Gasteiger partial charge in [0.05, 0.1) is 5.69 Å². The molecule has 0 radical (unpaired) electrons. The molecule has 2 heteroatoms. The zero-order chi connectivity index (χ0) is 13.1. The molecule has 0 saturated heterocycles. The van der Waals surface area contributed by atoms with Crippen LogP contribution in [0.3, 0.4) is 0 Å². The number of pyridine rings is 1. The molecule has 0 aliphatic carbocycles. The van der Waals surface area contributed by atoms with Crippen LogP contribution in [-0.2, 0) is 0 Å². The van der Waals surface area contributed by atoms with Gasteiger partial charge in [0.1, 0.15) is 0 Å². The Hall–Kier alpha value is -1.93. The van der Waals surface area contributed by atoms with Crippen LogP contribution >= 0.6 is 15.9 Å². The highest BCUT2D eigenvalue weighted by molar-refractivity contribution is 9.10. The maximum atomic E-state index is 4.49. The second-order valence-electron chi connectivity index (χ2n) is 4.28. The summed E-state index contributed by atoms with van der Waals surface area (Å²) in [5.41, 5.74) is 4.47. The van der Waals surface area contributed by atoms with Crippen LogP contribution in [0.2, 0.25) is 0 Å². The van der Waals surface area contributed by atoms with Gasteiger partial charge in [0.25, 0.3) is 0 Å². The molecule has 1 aromatic heterocycles. The van der Waals surface area contributed by atoms with Gasteiger partial charge in [-0.15, -0.1) is 0 Å². The van der Waals surface area contributed by atoms with E-state index in [1.807, 2.05) is 42.6 Å². The lowest BCUT2D eigenvalue weighted by molar-refractivity contribution is 1.31. The van der Waals surface area contributed by atoms with E-state index in [-0.39, 0.29) is 0 Å². The van der Waals surface area contributed by atoms with Crippen molar-refractivity contribution in [1.82, 2.24) is 4.98 Å². The van der Waals surface area contributed by atoms with Gasteiger partial charge < -0.3 is 0 Å². The van der Waals surface area contributed by atoms with Crippen LogP contribution in [-0.4, -0.2) is 4.98 Å². The molecule has 0 aliphatic heterocycles. The number of rotatable bonds is 2. The van der Waals surface area contributed by atoms with Crippen LogP contribution in [0.25, 0.3) is 22.4 Å². The summed E-state index contributed by atoms with van der Waals surface area (Å²) < 4.78 is 1.01. The van der Waals surface area contributed by atoms with Gasteiger partial charge in [-0.25, -0.2) is 0 Å². The molecule has 0 amide bonds. The average Bonchev–Trinajstić information content (AvgIpc) is 2.49. The van der Waals surface area contributed by atoms with Gasteiger partial charge in [-0.1, -0.05) is 60.7 Å². The van der Waals surface area contributed by atoms with Crippen LogP contribution in [0.1, 0.15) is 0 Å². The minimum Gasteiger partial charge on any atom is -0.255 e. The van der Waals surface area contributed by atoms with E-state index in [4.69, 9.17) is 0 Å². The number of hydrogen-bond donors (Lipinski definition) is 0. The van der Waals surface area contributed by atoms with Gasteiger partial charge >= 0.3 is 0 Å². The largest absolute Gasteiger partial charge is 0.255 e. The van der Waals surface area contributed by atoms with Crippen molar-refractivity contribution >= 4 is 15.9 Å². The molecule has 0 atom stereocenters. The van der Waals surface area contributed by atoms with Gasteiger partial charge in [0.15, 0.2) is 0 Å². The highest BCUT2D eigenvalue weighted by Crippen LogP contribution is 2.30. The second kappa shape index (κ2) is 5.37. The first-order valence-corrected chi connectivity index (χ1v) is 6.90. The van der Waals surface area contributed by atoms with Crippen LogP contribution in [0.4, 0.5) is 0 Å². The van der Waals surface area contributed by atoms with Crippen LogP contribution < -0.4 is 0 Å². The lowest BCUT2D eigenvalue weighted by Gasteiger charge is -2.07. The van der Waals surface area contributed by atoms with Crippen molar-refractivity contribution in [2.45, 2.75) is 0 Å². The van der Waals surface area contributed by atoms with Gasteiger partial charge in [-0.2, -0.15) is 0 Å². The monoisotopic (exact) mass is 309 g/mol. The summed E-state index contributed by atoms with van der Waals surface area (Å²) in [5.74, 6) is 0. The van der Waals surface area contributed by atoms with Crippen molar-refractivity contribution in [3.8, 4) is 22.4 Å². The van der Waals surface area contributed by atoms with Crippen molar-refractivity contribution < 1.29 is 0 Å². The molecule has 2 aromatic carbocycles. The minimum absolute atomic E-state index is 0.989. The third-order valence-electron chi connectivity index (χ3n) is 3.01. The van der Waals surface area contributed by atoms with Crippen LogP contribution in [0, 0.1) is 0 Å². The molecule has 3 rings (SSSR count). The predicted octanol–water partition coefficient (Wildman–Crippen LogP) is 5.18. The quantitative estimate of drug-likeness (QED) is 0.635. The van der Waals surface area contributed by atoms with E-state index in [0.717, 1.165) is 21.3 Å². The molecule has 19 heavy (non-hydrogen) atoms. The van der Waals surface area contributed by atoms with Gasteiger partial charge in [0, 0.05) is 16.2 Å². The SMILES string of the molecule is Brc1cnc(-c2ccccc2)cc1-c1ccccc1. The third kappa shape index (κ3) is 2.59. The fraction of sp³-hybridized carbons (Fsp3) is 0. The number of aromatic nitrogens is 1. The smallest absolute Gasteiger partial charge is 0.0709 e. The van der Waals surface area contributed by atoms with E-state index < -0.39 is 0 Å².